The van der Waals surface area contributed by atoms with Gasteiger partial charge in [0.15, 0.2) is 12.1 Å². The first-order chi connectivity index (χ1) is 25.1. The third-order valence-corrected chi connectivity index (χ3v) is 9.29. The molecule has 0 aliphatic heterocycles. The van der Waals surface area contributed by atoms with Crippen LogP contribution in [0.3, 0.4) is 0 Å². The molecule has 0 bridgehead atoms. The number of ether oxygens (including phenoxy) is 3. The van der Waals surface area contributed by atoms with Gasteiger partial charge in [-0.1, -0.05) is 140 Å². The van der Waals surface area contributed by atoms with Crippen LogP contribution in [0.2, 0.25) is 0 Å². The molecule has 0 aromatic rings. The summed E-state index contributed by atoms with van der Waals surface area (Å²) in [6.07, 6.45) is 39.5. The Morgan fingerprint density at radius 2 is 1.12 bits per heavy atom. The molecule has 0 amide bonds. The van der Waals surface area contributed by atoms with E-state index in [1.807, 2.05) is 33.3 Å². The van der Waals surface area contributed by atoms with Crippen molar-refractivity contribution in [1.29, 1.82) is 0 Å². The first-order valence-corrected chi connectivity index (χ1v) is 21.0. The Morgan fingerprint density at radius 3 is 1.65 bits per heavy atom. The first kappa shape index (κ1) is 49.6. The Morgan fingerprint density at radius 1 is 0.596 bits per heavy atom. The molecule has 52 heavy (non-hydrogen) atoms. The van der Waals surface area contributed by atoms with E-state index in [4.69, 9.17) is 14.2 Å². The molecule has 0 saturated heterocycles. The second-order valence-electron chi connectivity index (χ2n) is 15.2. The van der Waals surface area contributed by atoms with Crippen LogP contribution in [-0.2, 0) is 28.6 Å². The fraction of sp³-hybridized carbons (Fsp3) is 0.795. The zero-order valence-electron chi connectivity index (χ0n) is 34.3. The van der Waals surface area contributed by atoms with Crippen LogP contribution < -0.4 is 0 Å². The third kappa shape index (κ3) is 33.4. The zero-order chi connectivity index (χ0) is 38.5. The minimum absolute atomic E-state index is 0.0370. The lowest BCUT2D eigenvalue weighted by Crippen LogP contribution is -2.50. The molecule has 0 radical (unpaired) electrons. The second-order valence-corrected chi connectivity index (χ2v) is 15.2. The molecular weight excluding hydrogens is 654 g/mol. The summed E-state index contributed by atoms with van der Waals surface area (Å²) in [6.45, 7) is 4.52. The highest BCUT2D eigenvalue weighted by Crippen LogP contribution is 2.14. The van der Waals surface area contributed by atoms with Crippen molar-refractivity contribution in [3.8, 4) is 0 Å². The van der Waals surface area contributed by atoms with Gasteiger partial charge in [-0.2, -0.15) is 0 Å². The van der Waals surface area contributed by atoms with Crippen molar-refractivity contribution >= 4 is 17.9 Å². The van der Waals surface area contributed by atoms with E-state index in [0.717, 1.165) is 32.1 Å². The summed E-state index contributed by atoms with van der Waals surface area (Å²) in [5, 5.41) is 9.57. The highest BCUT2D eigenvalue weighted by molar-refractivity contribution is 5.72. The number of carbonyl (C=O) groups is 3. The molecule has 2 atom stereocenters. The average Bonchev–Trinajstić information content (AvgIpc) is 3.09. The lowest BCUT2D eigenvalue weighted by Gasteiger charge is -2.31. The molecule has 0 spiro atoms. The first-order valence-electron chi connectivity index (χ1n) is 21.0. The van der Waals surface area contributed by atoms with Crippen molar-refractivity contribution in [3.05, 3.63) is 36.5 Å². The second kappa shape index (κ2) is 35.6. The molecular formula is C44H80NO7+. The number of carbonyl (C=O) groups excluding carboxylic acids is 2. The Kier molecular flexibility index (Phi) is 33.9. The van der Waals surface area contributed by atoms with Gasteiger partial charge >= 0.3 is 17.9 Å². The van der Waals surface area contributed by atoms with E-state index in [2.05, 4.69) is 38.2 Å². The van der Waals surface area contributed by atoms with E-state index in [1.165, 1.54) is 103 Å². The standard InChI is InChI=1S/C44H79NO7/c1-6-8-10-12-14-15-16-17-18-19-20-21-22-23-24-25-26-27-29-30-32-34-42(46)51-39-40(38-50-37-36-41(44(48)49)45(3,4)5)52-43(47)35-33-31-28-13-11-9-7-2/h9,11,21-22,28,31,40-41H,6-8,10,12-20,23-27,29-30,32-39H2,1-5H3/p+1/b11-9+,22-21+,31-28+. The Hall–Kier alpha value is -2.45. The molecule has 0 aromatic heterocycles. The fourth-order valence-electron chi connectivity index (χ4n) is 6.03. The van der Waals surface area contributed by atoms with Crippen LogP contribution in [0, 0.1) is 0 Å². The van der Waals surface area contributed by atoms with Gasteiger partial charge in [0.25, 0.3) is 0 Å². The van der Waals surface area contributed by atoms with Crippen molar-refractivity contribution < 1.29 is 38.2 Å². The number of hydrogen-bond donors (Lipinski definition) is 1. The minimum atomic E-state index is -0.885. The maximum atomic E-state index is 12.5. The molecule has 0 saturated carbocycles. The fourth-order valence-corrected chi connectivity index (χ4v) is 6.03. The summed E-state index contributed by atoms with van der Waals surface area (Å²) in [5.41, 5.74) is 0. The van der Waals surface area contributed by atoms with Crippen molar-refractivity contribution in [2.24, 2.45) is 0 Å². The minimum Gasteiger partial charge on any atom is -0.477 e. The number of rotatable bonds is 37. The van der Waals surface area contributed by atoms with Crippen molar-refractivity contribution in [3.63, 3.8) is 0 Å². The van der Waals surface area contributed by atoms with E-state index < -0.39 is 18.1 Å². The van der Waals surface area contributed by atoms with Gasteiger partial charge < -0.3 is 23.8 Å². The van der Waals surface area contributed by atoms with E-state index in [0.29, 0.717) is 19.3 Å². The summed E-state index contributed by atoms with van der Waals surface area (Å²) < 4.78 is 17.1. The summed E-state index contributed by atoms with van der Waals surface area (Å²) in [7, 11) is 5.49. The van der Waals surface area contributed by atoms with E-state index in [1.54, 1.807) is 0 Å². The molecule has 302 valence electrons. The van der Waals surface area contributed by atoms with Crippen molar-refractivity contribution in [2.45, 2.75) is 187 Å². The highest BCUT2D eigenvalue weighted by Gasteiger charge is 2.31. The number of carboxylic acid groups (broad SMARTS) is 1. The summed E-state index contributed by atoms with van der Waals surface area (Å²) in [5.74, 6) is -1.57. The highest BCUT2D eigenvalue weighted by atomic mass is 16.6. The maximum Gasteiger partial charge on any atom is 0.362 e. The summed E-state index contributed by atoms with van der Waals surface area (Å²) in [6, 6.07) is -0.621. The number of nitrogens with zero attached hydrogens (tertiary/aromatic N) is 1. The number of unbranched alkanes of at least 4 members (excludes halogenated alkanes) is 17. The maximum absolute atomic E-state index is 12.5. The van der Waals surface area contributed by atoms with Gasteiger partial charge in [0, 0.05) is 19.3 Å². The van der Waals surface area contributed by atoms with Crippen molar-refractivity contribution in [2.75, 3.05) is 41.0 Å². The predicted molar refractivity (Wildman–Crippen MR) is 215 cm³/mol. The summed E-state index contributed by atoms with van der Waals surface area (Å²) >= 11 is 0. The largest absolute Gasteiger partial charge is 0.477 e. The Labute approximate surface area is 319 Å². The molecule has 1 N–H and O–H groups in total. The average molecular weight is 735 g/mol. The number of carboxylic acids is 1. The SMILES string of the molecule is CC/C=C/C/C=C/CCC(=O)OC(COCCC(C(=O)O)[N+](C)(C)C)COC(=O)CCCCCCCCC/C=C/CCCCCCCCCCCC. The molecule has 0 heterocycles. The molecule has 0 fully saturated rings. The number of aliphatic carboxylic acids is 1. The van der Waals surface area contributed by atoms with E-state index in [-0.39, 0.29) is 42.7 Å². The molecule has 2 unspecified atom stereocenters. The van der Waals surface area contributed by atoms with Crippen LogP contribution in [0.15, 0.2) is 36.5 Å². The molecule has 0 aromatic carbocycles. The van der Waals surface area contributed by atoms with Gasteiger partial charge in [0.1, 0.15) is 6.61 Å². The number of esters is 2. The molecule has 0 aliphatic rings. The van der Waals surface area contributed by atoms with E-state index in [9.17, 15) is 19.5 Å². The van der Waals surface area contributed by atoms with E-state index >= 15 is 0 Å². The van der Waals surface area contributed by atoms with Crippen LogP contribution in [0.1, 0.15) is 174 Å². The van der Waals surface area contributed by atoms with Gasteiger partial charge in [0.2, 0.25) is 0 Å². The lowest BCUT2D eigenvalue weighted by molar-refractivity contribution is -0.887. The van der Waals surface area contributed by atoms with Crippen LogP contribution in [-0.4, -0.2) is 80.6 Å². The normalized spacial score (nSPS) is 13.3. The van der Waals surface area contributed by atoms with Gasteiger partial charge in [0.05, 0.1) is 34.4 Å². The predicted octanol–water partition coefficient (Wildman–Crippen LogP) is 11.1. The van der Waals surface area contributed by atoms with Crippen LogP contribution in [0.4, 0.5) is 0 Å². The monoisotopic (exact) mass is 735 g/mol. The number of likely N-dealkylation sites (N-methyl/N-ethyl adjacent to an activating group) is 1. The third-order valence-electron chi connectivity index (χ3n) is 9.29. The van der Waals surface area contributed by atoms with Crippen LogP contribution in [0.25, 0.3) is 0 Å². The van der Waals surface area contributed by atoms with Gasteiger partial charge in [-0.05, 0) is 51.4 Å². The Balaban J connectivity index is 4.18. The zero-order valence-corrected chi connectivity index (χ0v) is 34.3. The molecule has 8 heteroatoms. The summed E-state index contributed by atoms with van der Waals surface area (Å²) in [4.78, 5) is 36.7. The number of allylic oxidation sites excluding steroid dienone is 6. The number of hydrogen-bond acceptors (Lipinski definition) is 6. The van der Waals surface area contributed by atoms with Crippen LogP contribution >= 0.6 is 0 Å². The lowest BCUT2D eigenvalue weighted by atomic mass is 10.1. The molecule has 0 aliphatic carbocycles. The molecule has 0 rings (SSSR count). The topological polar surface area (TPSA) is 99.1 Å². The quantitative estimate of drug-likeness (QED) is 0.0293. The van der Waals surface area contributed by atoms with Crippen LogP contribution in [0.5, 0.6) is 0 Å². The van der Waals surface area contributed by atoms with Gasteiger partial charge in [-0.3, -0.25) is 9.59 Å². The van der Waals surface area contributed by atoms with Gasteiger partial charge in [-0.15, -0.1) is 0 Å². The Bertz CT molecular complexity index is 953. The smallest absolute Gasteiger partial charge is 0.362 e. The number of quaternary nitrogens is 1. The van der Waals surface area contributed by atoms with Gasteiger partial charge in [-0.25, -0.2) is 4.79 Å². The molecule has 8 nitrogen and oxygen atoms in total. The van der Waals surface area contributed by atoms with Crippen molar-refractivity contribution in [1.82, 2.24) is 0 Å².